The molecular formula is C20H20O2. The van der Waals surface area contributed by atoms with Crippen LogP contribution in [-0.4, -0.2) is 14.2 Å². The zero-order valence-electron chi connectivity index (χ0n) is 13.0. The van der Waals surface area contributed by atoms with Gasteiger partial charge in [-0.05, 0) is 35.8 Å². The molecule has 0 aliphatic heterocycles. The number of allylic oxidation sites excluding steroid dienone is 1. The van der Waals surface area contributed by atoms with Gasteiger partial charge in [0.15, 0.2) is 0 Å². The van der Waals surface area contributed by atoms with Gasteiger partial charge in [0.05, 0.1) is 26.0 Å². The van der Waals surface area contributed by atoms with Gasteiger partial charge >= 0.3 is 0 Å². The first kappa shape index (κ1) is 15.7. The highest BCUT2D eigenvalue weighted by Crippen LogP contribution is 2.16. The summed E-state index contributed by atoms with van der Waals surface area (Å²) in [6.07, 6.45) is 5.28. The fraction of sp³-hybridized carbons (Fsp3) is 0.200. The summed E-state index contributed by atoms with van der Waals surface area (Å²) < 4.78 is 10.3. The Hall–Kier alpha value is -2.66. The van der Waals surface area contributed by atoms with E-state index >= 15 is 0 Å². The molecule has 2 rings (SSSR count). The Balaban J connectivity index is 2.12. The standard InChI is InChI=1S/C20H20O2/c1-21-16-8-14-18-10-4-3-9-17(18)12-7-13-19-11-5-6-15-20(19)22-2/h3-6,8-11,15-16H,12,14H2,1-2H3. The van der Waals surface area contributed by atoms with Gasteiger partial charge in [0.1, 0.15) is 5.75 Å². The Morgan fingerprint density at radius 2 is 1.68 bits per heavy atom. The summed E-state index contributed by atoms with van der Waals surface area (Å²) in [5, 5.41) is 0. The predicted octanol–water partition coefficient (Wildman–Crippen LogP) is 3.99. The first-order valence-corrected chi connectivity index (χ1v) is 7.21. The highest BCUT2D eigenvalue weighted by atomic mass is 16.5. The Bertz CT molecular complexity index is 690. The maximum Gasteiger partial charge on any atom is 0.134 e. The van der Waals surface area contributed by atoms with Crippen molar-refractivity contribution in [3.63, 3.8) is 0 Å². The minimum atomic E-state index is 0.717. The normalized spacial score (nSPS) is 10.1. The van der Waals surface area contributed by atoms with Crippen molar-refractivity contribution < 1.29 is 9.47 Å². The third kappa shape index (κ3) is 4.43. The fourth-order valence-corrected chi connectivity index (χ4v) is 2.18. The van der Waals surface area contributed by atoms with Crippen LogP contribution in [0.15, 0.2) is 60.9 Å². The zero-order chi connectivity index (χ0) is 15.6. The van der Waals surface area contributed by atoms with Gasteiger partial charge in [0.2, 0.25) is 0 Å². The molecule has 0 aromatic heterocycles. The van der Waals surface area contributed by atoms with Gasteiger partial charge in [0.25, 0.3) is 0 Å². The molecule has 0 saturated heterocycles. The number of ether oxygens (including phenoxy) is 2. The molecule has 0 spiro atoms. The maximum atomic E-state index is 5.31. The topological polar surface area (TPSA) is 18.5 Å². The molecule has 0 aliphatic carbocycles. The maximum absolute atomic E-state index is 5.31. The van der Waals surface area contributed by atoms with Crippen molar-refractivity contribution in [2.24, 2.45) is 0 Å². The van der Waals surface area contributed by atoms with E-state index in [0.29, 0.717) is 0 Å². The molecule has 2 aromatic carbocycles. The molecule has 2 aromatic rings. The Labute approximate surface area is 132 Å². The van der Waals surface area contributed by atoms with E-state index < -0.39 is 0 Å². The van der Waals surface area contributed by atoms with Crippen molar-refractivity contribution in [2.45, 2.75) is 12.8 Å². The zero-order valence-corrected chi connectivity index (χ0v) is 13.0. The lowest BCUT2D eigenvalue weighted by molar-refractivity contribution is 0.337. The molecule has 0 aliphatic rings. The van der Waals surface area contributed by atoms with Crippen molar-refractivity contribution in [2.75, 3.05) is 14.2 Å². The molecule has 0 bridgehead atoms. The predicted molar refractivity (Wildman–Crippen MR) is 89.9 cm³/mol. The van der Waals surface area contributed by atoms with Crippen LogP contribution in [0.3, 0.4) is 0 Å². The Morgan fingerprint density at radius 1 is 0.955 bits per heavy atom. The van der Waals surface area contributed by atoms with Crippen LogP contribution in [0, 0.1) is 11.8 Å². The molecule has 0 saturated carbocycles. The molecule has 0 radical (unpaired) electrons. The number of para-hydroxylation sites is 1. The van der Waals surface area contributed by atoms with Crippen LogP contribution in [-0.2, 0) is 17.6 Å². The lowest BCUT2D eigenvalue weighted by Gasteiger charge is -2.04. The molecule has 112 valence electrons. The van der Waals surface area contributed by atoms with Gasteiger partial charge in [-0.1, -0.05) is 48.2 Å². The Kier molecular flexibility index (Phi) is 6.14. The molecule has 0 fully saturated rings. The van der Waals surface area contributed by atoms with E-state index in [1.807, 2.05) is 42.5 Å². The molecular weight excluding hydrogens is 272 g/mol. The minimum absolute atomic E-state index is 0.717. The number of methoxy groups -OCH3 is 2. The van der Waals surface area contributed by atoms with E-state index in [4.69, 9.17) is 9.47 Å². The lowest BCUT2D eigenvalue weighted by atomic mass is 10.0. The van der Waals surface area contributed by atoms with Crippen molar-refractivity contribution in [1.82, 2.24) is 0 Å². The summed E-state index contributed by atoms with van der Waals surface area (Å²) in [5.41, 5.74) is 3.43. The highest BCUT2D eigenvalue weighted by Gasteiger charge is 1.99. The van der Waals surface area contributed by atoms with Crippen LogP contribution >= 0.6 is 0 Å². The molecule has 0 amide bonds. The number of hydrogen-bond acceptors (Lipinski definition) is 2. The fourth-order valence-electron chi connectivity index (χ4n) is 2.18. The summed E-state index contributed by atoms with van der Waals surface area (Å²) in [5.74, 6) is 7.24. The van der Waals surface area contributed by atoms with Crippen LogP contribution < -0.4 is 4.74 Å². The first-order valence-electron chi connectivity index (χ1n) is 7.21. The monoisotopic (exact) mass is 292 g/mol. The average molecular weight is 292 g/mol. The van der Waals surface area contributed by atoms with Gasteiger partial charge in [-0.15, -0.1) is 0 Å². The highest BCUT2D eigenvalue weighted by molar-refractivity contribution is 5.46. The third-order valence-electron chi connectivity index (χ3n) is 3.30. The Morgan fingerprint density at radius 3 is 2.45 bits per heavy atom. The first-order chi connectivity index (χ1) is 10.8. The van der Waals surface area contributed by atoms with Gasteiger partial charge in [-0.2, -0.15) is 0 Å². The largest absolute Gasteiger partial charge is 0.505 e. The van der Waals surface area contributed by atoms with Gasteiger partial charge in [-0.3, -0.25) is 0 Å². The summed E-state index contributed by atoms with van der Waals surface area (Å²) in [7, 11) is 3.32. The van der Waals surface area contributed by atoms with E-state index in [1.54, 1.807) is 20.5 Å². The molecule has 0 N–H and O–H groups in total. The third-order valence-corrected chi connectivity index (χ3v) is 3.30. The van der Waals surface area contributed by atoms with Gasteiger partial charge in [-0.25, -0.2) is 0 Å². The molecule has 2 heteroatoms. The van der Waals surface area contributed by atoms with Gasteiger partial charge in [0, 0.05) is 6.42 Å². The average Bonchev–Trinajstić information content (AvgIpc) is 2.57. The van der Waals surface area contributed by atoms with Crippen molar-refractivity contribution in [3.8, 4) is 17.6 Å². The lowest BCUT2D eigenvalue weighted by Crippen LogP contribution is -1.92. The van der Waals surface area contributed by atoms with Gasteiger partial charge < -0.3 is 9.47 Å². The SMILES string of the molecule is COC=CCc1ccccc1CC#Cc1ccccc1OC. The number of hydrogen-bond donors (Lipinski definition) is 0. The van der Waals surface area contributed by atoms with E-state index in [-0.39, 0.29) is 0 Å². The van der Waals surface area contributed by atoms with Crippen molar-refractivity contribution in [3.05, 3.63) is 77.6 Å². The van der Waals surface area contributed by atoms with Crippen LogP contribution in [0.2, 0.25) is 0 Å². The van der Waals surface area contributed by atoms with Crippen molar-refractivity contribution >= 4 is 0 Å². The molecule has 0 heterocycles. The smallest absolute Gasteiger partial charge is 0.134 e. The quantitative estimate of drug-likeness (QED) is 0.613. The molecule has 0 atom stereocenters. The molecule has 2 nitrogen and oxygen atoms in total. The second-order valence-electron chi connectivity index (χ2n) is 4.76. The summed E-state index contributed by atoms with van der Waals surface area (Å²) in [6, 6.07) is 16.1. The van der Waals surface area contributed by atoms with Crippen molar-refractivity contribution in [1.29, 1.82) is 0 Å². The molecule has 0 unspecified atom stereocenters. The summed E-state index contributed by atoms with van der Waals surface area (Å²) in [6.45, 7) is 0. The van der Waals surface area contributed by atoms with E-state index in [9.17, 15) is 0 Å². The summed E-state index contributed by atoms with van der Waals surface area (Å²) in [4.78, 5) is 0. The minimum Gasteiger partial charge on any atom is -0.505 e. The summed E-state index contributed by atoms with van der Waals surface area (Å²) >= 11 is 0. The van der Waals surface area contributed by atoms with E-state index in [0.717, 1.165) is 24.2 Å². The molecule has 22 heavy (non-hydrogen) atoms. The van der Waals surface area contributed by atoms with Crippen LogP contribution in [0.4, 0.5) is 0 Å². The van der Waals surface area contributed by atoms with E-state index in [1.165, 1.54) is 11.1 Å². The number of rotatable bonds is 5. The van der Waals surface area contributed by atoms with Crippen LogP contribution in [0.25, 0.3) is 0 Å². The van der Waals surface area contributed by atoms with E-state index in [2.05, 4.69) is 24.0 Å². The second kappa shape index (κ2) is 8.59. The number of benzene rings is 2. The van der Waals surface area contributed by atoms with Crippen LogP contribution in [0.1, 0.15) is 16.7 Å². The second-order valence-corrected chi connectivity index (χ2v) is 4.76. The van der Waals surface area contributed by atoms with Crippen LogP contribution in [0.5, 0.6) is 5.75 Å².